The van der Waals surface area contributed by atoms with E-state index < -0.39 is 0 Å². The summed E-state index contributed by atoms with van der Waals surface area (Å²) in [5.41, 5.74) is 0.814. The van der Waals surface area contributed by atoms with Gasteiger partial charge in [0.1, 0.15) is 11.5 Å². The van der Waals surface area contributed by atoms with Gasteiger partial charge in [-0.05, 0) is 37.4 Å². The lowest BCUT2D eigenvalue weighted by atomic mass is 10.3. The van der Waals surface area contributed by atoms with E-state index in [1.807, 2.05) is 73.3 Å². The Morgan fingerprint density at radius 1 is 1.17 bits per heavy atom. The number of nitrogens with zero attached hydrogens (tertiary/aromatic N) is 3. The third-order valence-electron chi connectivity index (χ3n) is 4.30. The standard InChI is InChI=1S/C21H24N4O3S2/c1-14(28-16-9-7-8-15(12-16)27-3)20-23-24-21(25(20)2)30-13-19(26)22-17-10-5-6-11-18(17)29-4/h5-12,14H,13H2,1-4H3,(H,22,26). The van der Waals surface area contributed by atoms with Crippen molar-refractivity contribution in [2.24, 2.45) is 7.05 Å². The Morgan fingerprint density at radius 2 is 1.93 bits per heavy atom. The summed E-state index contributed by atoms with van der Waals surface area (Å²) in [5.74, 6) is 2.23. The van der Waals surface area contributed by atoms with Crippen LogP contribution in [0.15, 0.2) is 58.6 Å². The Bertz CT molecular complexity index is 1010. The van der Waals surface area contributed by atoms with Crippen LogP contribution in [0.2, 0.25) is 0 Å². The smallest absolute Gasteiger partial charge is 0.234 e. The fourth-order valence-corrected chi connectivity index (χ4v) is 4.07. The van der Waals surface area contributed by atoms with E-state index in [4.69, 9.17) is 9.47 Å². The van der Waals surface area contributed by atoms with Crippen molar-refractivity contribution in [3.63, 3.8) is 0 Å². The maximum atomic E-state index is 12.4. The summed E-state index contributed by atoms with van der Waals surface area (Å²) in [7, 11) is 3.48. The molecule has 1 atom stereocenters. The normalized spacial score (nSPS) is 11.7. The second-order valence-corrected chi connectivity index (χ2v) is 8.17. The van der Waals surface area contributed by atoms with Crippen molar-refractivity contribution in [3.8, 4) is 11.5 Å². The molecule has 3 aromatic rings. The van der Waals surface area contributed by atoms with E-state index in [9.17, 15) is 4.79 Å². The molecule has 158 valence electrons. The van der Waals surface area contributed by atoms with Gasteiger partial charge < -0.3 is 19.4 Å². The number of anilines is 1. The van der Waals surface area contributed by atoms with Crippen molar-refractivity contribution in [1.29, 1.82) is 0 Å². The Kier molecular flexibility index (Phi) is 7.64. The van der Waals surface area contributed by atoms with Crippen LogP contribution in [0, 0.1) is 0 Å². The molecule has 1 heterocycles. The third-order valence-corrected chi connectivity index (χ3v) is 6.12. The lowest BCUT2D eigenvalue weighted by molar-refractivity contribution is -0.113. The van der Waals surface area contributed by atoms with Gasteiger partial charge in [-0.25, -0.2) is 0 Å². The van der Waals surface area contributed by atoms with Gasteiger partial charge in [0.2, 0.25) is 5.91 Å². The van der Waals surface area contributed by atoms with Crippen LogP contribution in [0.3, 0.4) is 0 Å². The first-order valence-corrected chi connectivity index (χ1v) is 11.5. The molecule has 0 radical (unpaired) electrons. The number of aromatic nitrogens is 3. The van der Waals surface area contributed by atoms with Crippen molar-refractivity contribution >= 4 is 35.1 Å². The number of hydrogen-bond acceptors (Lipinski definition) is 7. The molecular weight excluding hydrogens is 420 g/mol. The zero-order valence-electron chi connectivity index (χ0n) is 17.3. The molecule has 1 aromatic heterocycles. The second kappa shape index (κ2) is 10.4. The Hall–Kier alpha value is -2.65. The van der Waals surface area contributed by atoms with Crippen molar-refractivity contribution in [2.45, 2.75) is 23.1 Å². The molecule has 9 heteroatoms. The van der Waals surface area contributed by atoms with Gasteiger partial charge >= 0.3 is 0 Å². The van der Waals surface area contributed by atoms with E-state index in [1.165, 1.54) is 11.8 Å². The molecule has 7 nitrogen and oxygen atoms in total. The van der Waals surface area contributed by atoms with Crippen molar-refractivity contribution in [2.75, 3.05) is 24.4 Å². The number of methoxy groups -OCH3 is 1. The van der Waals surface area contributed by atoms with E-state index in [-0.39, 0.29) is 17.8 Å². The molecule has 0 aliphatic rings. The van der Waals surface area contributed by atoms with Crippen LogP contribution in [-0.2, 0) is 11.8 Å². The number of thioether (sulfide) groups is 2. The molecule has 0 saturated carbocycles. The topological polar surface area (TPSA) is 78.3 Å². The maximum absolute atomic E-state index is 12.4. The minimum Gasteiger partial charge on any atom is -0.497 e. The predicted molar refractivity (Wildman–Crippen MR) is 121 cm³/mol. The molecule has 2 aromatic carbocycles. The number of rotatable bonds is 9. The molecular formula is C21H24N4O3S2. The summed E-state index contributed by atoms with van der Waals surface area (Å²) in [6.45, 7) is 1.91. The number of para-hydroxylation sites is 1. The minimum atomic E-state index is -0.314. The quantitative estimate of drug-likeness (QED) is 0.490. The maximum Gasteiger partial charge on any atom is 0.234 e. The van der Waals surface area contributed by atoms with E-state index >= 15 is 0 Å². The van der Waals surface area contributed by atoms with Gasteiger partial charge in [0.15, 0.2) is 17.1 Å². The van der Waals surface area contributed by atoms with Gasteiger partial charge in [0.05, 0.1) is 18.6 Å². The molecule has 1 N–H and O–H groups in total. The molecule has 0 aliphatic carbocycles. The SMILES string of the molecule is COc1cccc(OC(C)c2nnc(SCC(=O)Nc3ccccc3SC)n2C)c1. The van der Waals surface area contributed by atoms with Crippen LogP contribution in [0.5, 0.6) is 11.5 Å². The number of amides is 1. The first-order chi connectivity index (χ1) is 14.5. The first kappa shape index (κ1) is 22.0. The van der Waals surface area contributed by atoms with Gasteiger partial charge in [-0.1, -0.05) is 30.0 Å². The number of ether oxygens (including phenoxy) is 2. The highest BCUT2D eigenvalue weighted by Gasteiger charge is 2.18. The lowest BCUT2D eigenvalue weighted by Gasteiger charge is -2.15. The number of carbonyl (C=O) groups is 1. The third kappa shape index (κ3) is 5.48. The summed E-state index contributed by atoms with van der Waals surface area (Å²) in [5, 5.41) is 12.1. The van der Waals surface area contributed by atoms with Gasteiger partial charge in [0.25, 0.3) is 0 Å². The molecule has 0 aliphatic heterocycles. The first-order valence-electron chi connectivity index (χ1n) is 9.27. The molecule has 30 heavy (non-hydrogen) atoms. The Balaban J connectivity index is 1.60. The predicted octanol–water partition coefficient (Wildman–Crippen LogP) is 4.42. The molecule has 3 rings (SSSR count). The van der Waals surface area contributed by atoms with Crippen LogP contribution in [-0.4, -0.2) is 39.8 Å². The number of carbonyl (C=O) groups excluding carboxylic acids is 1. The average molecular weight is 445 g/mol. The molecule has 0 saturated heterocycles. The molecule has 0 bridgehead atoms. The molecule has 0 spiro atoms. The summed E-state index contributed by atoms with van der Waals surface area (Å²) in [6.07, 6.45) is 1.67. The Labute approximate surface area is 184 Å². The average Bonchev–Trinajstić information content (AvgIpc) is 3.13. The largest absolute Gasteiger partial charge is 0.497 e. The van der Waals surface area contributed by atoms with Crippen molar-refractivity contribution < 1.29 is 14.3 Å². The van der Waals surface area contributed by atoms with Crippen molar-refractivity contribution in [1.82, 2.24) is 14.8 Å². The minimum absolute atomic E-state index is 0.0910. The van der Waals surface area contributed by atoms with E-state index in [2.05, 4.69) is 15.5 Å². The molecule has 1 unspecified atom stereocenters. The van der Waals surface area contributed by atoms with Crippen LogP contribution in [0.25, 0.3) is 0 Å². The Morgan fingerprint density at radius 3 is 2.70 bits per heavy atom. The van der Waals surface area contributed by atoms with Crippen LogP contribution in [0.4, 0.5) is 5.69 Å². The monoisotopic (exact) mass is 444 g/mol. The number of benzene rings is 2. The van der Waals surface area contributed by atoms with Gasteiger partial charge in [0, 0.05) is 18.0 Å². The van der Waals surface area contributed by atoms with Gasteiger partial charge in [-0.3, -0.25) is 4.79 Å². The van der Waals surface area contributed by atoms with E-state index in [1.54, 1.807) is 18.9 Å². The van der Waals surface area contributed by atoms with Gasteiger partial charge in [-0.15, -0.1) is 22.0 Å². The van der Waals surface area contributed by atoms with Crippen LogP contribution >= 0.6 is 23.5 Å². The molecule has 0 fully saturated rings. The molecule has 1 amide bonds. The second-order valence-electron chi connectivity index (χ2n) is 6.38. The fourth-order valence-electron chi connectivity index (χ4n) is 2.80. The van der Waals surface area contributed by atoms with Crippen LogP contribution < -0.4 is 14.8 Å². The zero-order valence-corrected chi connectivity index (χ0v) is 18.9. The summed E-state index contributed by atoms with van der Waals surface area (Å²) < 4.78 is 13.0. The summed E-state index contributed by atoms with van der Waals surface area (Å²) in [6, 6.07) is 15.1. The number of hydrogen-bond donors (Lipinski definition) is 1. The highest BCUT2D eigenvalue weighted by molar-refractivity contribution is 7.99. The van der Waals surface area contributed by atoms with Gasteiger partial charge in [-0.2, -0.15) is 0 Å². The summed E-state index contributed by atoms with van der Waals surface area (Å²) in [4.78, 5) is 13.4. The number of nitrogens with one attached hydrogen (secondary N) is 1. The zero-order chi connectivity index (χ0) is 21.5. The van der Waals surface area contributed by atoms with E-state index in [0.29, 0.717) is 16.7 Å². The van der Waals surface area contributed by atoms with Crippen molar-refractivity contribution in [3.05, 3.63) is 54.4 Å². The van der Waals surface area contributed by atoms with Crippen LogP contribution in [0.1, 0.15) is 18.9 Å². The van der Waals surface area contributed by atoms with E-state index in [0.717, 1.165) is 16.3 Å². The highest BCUT2D eigenvalue weighted by atomic mass is 32.2. The fraction of sp³-hybridized carbons (Fsp3) is 0.286. The highest BCUT2D eigenvalue weighted by Crippen LogP contribution is 2.27. The summed E-state index contributed by atoms with van der Waals surface area (Å²) >= 11 is 2.93. The lowest BCUT2D eigenvalue weighted by Crippen LogP contribution is -2.15.